The van der Waals surface area contributed by atoms with E-state index in [1.54, 1.807) is 0 Å². The van der Waals surface area contributed by atoms with Crippen molar-refractivity contribution in [1.82, 2.24) is 5.32 Å². The molecule has 0 bridgehead atoms. The van der Waals surface area contributed by atoms with Crippen LogP contribution in [0.15, 0.2) is 109 Å². The molecule has 418 valence electrons. The molecule has 0 aromatic rings. The number of rotatable bonds is 49. The molecule has 7 atom stereocenters. The number of carbonyl (C=O) groups excluding carboxylic acids is 1. The Morgan fingerprint density at radius 1 is 0.479 bits per heavy atom. The molecule has 7 unspecified atom stereocenters. The van der Waals surface area contributed by atoms with Crippen molar-refractivity contribution in [1.29, 1.82) is 0 Å². The summed E-state index contributed by atoms with van der Waals surface area (Å²) >= 11 is 0. The number of ether oxygens (including phenoxy) is 2. The first-order valence-corrected chi connectivity index (χ1v) is 29.6. The molecule has 1 aliphatic heterocycles. The number of aliphatic hydroxyl groups is 5. The molecular weight excluding hydrogens is 911 g/mol. The predicted molar refractivity (Wildman–Crippen MR) is 308 cm³/mol. The van der Waals surface area contributed by atoms with E-state index in [1.165, 1.54) is 109 Å². The maximum atomic E-state index is 13.0. The molecule has 0 spiro atoms. The smallest absolute Gasteiger partial charge is 0.220 e. The van der Waals surface area contributed by atoms with Crippen LogP contribution < -0.4 is 5.32 Å². The van der Waals surface area contributed by atoms with Crippen LogP contribution in [0.25, 0.3) is 0 Å². The Kier molecular flexibility index (Phi) is 48.6. The number of carbonyl (C=O) groups is 1. The van der Waals surface area contributed by atoms with Gasteiger partial charge in [-0.25, -0.2) is 0 Å². The van der Waals surface area contributed by atoms with E-state index in [0.717, 1.165) is 96.3 Å². The number of nitrogens with one attached hydrogen (secondary N) is 1. The molecule has 9 nitrogen and oxygen atoms in total. The van der Waals surface area contributed by atoms with Gasteiger partial charge in [0.25, 0.3) is 0 Å². The summed E-state index contributed by atoms with van der Waals surface area (Å²) < 4.78 is 11.3. The molecule has 1 rings (SSSR count). The highest BCUT2D eigenvalue weighted by molar-refractivity contribution is 5.76. The first-order chi connectivity index (χ1) is 35.8. The summed E-state index contributed by atoms with van der Waals surface area (Å²) in [5.74, 6) is -0.152. The van der Waals surface area contributed by atoms with Gasteiger partial charge in [-0.3, -0.25) is 4.79 Å². The molecule has 0 aromatic heterocycles. The van der Waals surface area contributed by atoms with Crippen LogP contribution in [-0.4, -0.2) is 87.5 Å². The Morgan fingerprint density at radius 3 is 1.26 bits per heavy atom. The first kappa shape index (κ1) is 67.9. The quantitative estimate of drug-likeness (QED) is 0.0261. The molecule has 0 saturated carbocycles. The molecule has 6 N–H and O–H groups in total. The van der Waals surface area contributed by atoms with Gasteiger partial charge in [0.15, 0.2) is 6.29 Å². The molecule has 0 aromatic carbocycles. The van der Waals surface area contributed by atoms with Gasteiger partial charge in [-0.2, -0.15) is 0 Å². The van der Waals surface area contributed by atoms with E-state index in [0.29, 0.717) is 12.8 Å². The number of allylic oxidation sites excluding steroid dienone is 18. The summed E-state index contributed by atoms with van der Waals surface area (Å²) in [5.41, 5.74) is 0. The van der Waals surface area contributed by atoms with Crippen LogP contribution in [0.5, 0.6) is 0 Å². The lowest BCUT2D eigenvalue weighted by Gasteiger charge is -2.40. The van der Waals surface area contributed by atoms with Crippen molar-refractivity contribution in [3.8, 4) is 0 Å². The predicted octanol–water partition coefficient (Wildman–Crippen LogP) is 15.0. The number of hydrogen-bond acceptors (Lipinski definition) is 8. The van der Waals surface area contributed by atoms with Crippen molar-refractivity contribution in [2.45, 2.75) is 275 Å². The van der Waals surface area contributed by atoms with Gasteiger partial charge >= 0.3 is 0 Å². The zero-order chi connectivity index (χ0) is 52.9. The minimum absolute atomic E-state index is 0.142. The molecule has 1 heterocycles. The van der Waals surface area contributed by atoms with Crippen molar-refractivity contribution in [3.05, 3.63) is 109 Å². The largest absolute Gasteiger partial charge is 0.394 e. The summed E-state index contributed by atoms with van der Waals surface area (Å²) in [7, 11) is 0. The fraction of sp³-hybridized carbons (Fsp3) is 0.703. The maximum absolute atomic E-state index is 13.0. The van der Waals surface area contributed by atoms with Crippen LogP contribution in [0, 0.1) is 0 Å². The van der Waals surface area contributed by atoms with E-state index in [1.807, 2.05) is 0 Å². The molecule has 1 amide bonds. The molecule has 1 aliphatic rings. The van der Waals surface area contributed by atoms with Gasteiger partial charge in [0, 0.05) is 6.42 Å². The second kappa shape index (κ2) is 52.3. The molecule has 0 radical (unpaired) electrons. The first-order valence-electron chi connectivity index (χ1n) is 29.6. The van der Waals surface area contributed by atoms with Crippen molar-refractivity contribution < 1.29 is 39.8 Å². The van der Waals surface area contributed by atoms with Crippen molar-refractivity contribution in [3.63, 3.8) is 0 Å². The van der Waals surface area contributed by atoms with Gasteiger partial charge in [-0.1, -0.05) is 252 Å². The van der Waals surface area contributed by atoms with E-state index in [9.17, 15) is 30.3 Å². The summed E-state index contributed by atoms with van der Waals surface area (Å²) in [6.45, 7) is 3.68. The van der Waals surface area contributed by atoms with Crippen molar-refractivity contribution in [2.24, 2.45) is 0 Å². The van der Waals surface area contributed by atoms with Gasteiger partial charge in [0.05, 0.1) is 25.4 Å². The maximum Gasteiger partial charge on any atom is 0.220 e. The van der Waals surface area contributed by atoms with Crippen LogP contribution >= 0.6 is 0 Å². The zero-order valence-electron chi connectivity index (χ0n) is 46.4. The normalized spacial score (nSPS) is 19.9. The van der Waals surface area contributed by atoms with E-state index in [2.05, 4.69) is 129 Å². The number of hydrogen-bond donors (Lipinski definition) is 6. The second-order valence-electron chi connectivity index (χ2n) is 20.1. The van der Waals surface area contributed by atoms with E-state index in [4.69, 9.17) is 9.47 Å². The van der Waals surface area contributed by atoms with E-state index in [-0.39, 0.29) is 12.5 Å². The Labute approximate surface area is 446 Å². The van der Waals surface area contributed by atoms with Crippen LogP contribution in [0.4, 0.5) is 0 Å². The van der Waals surface area contributed by atoms with Gasteiger partial charge in [-0.05, 0) is 83.5 Å². The standard InChI is InChI=1S/C64H109NO8/c1-3-5-7-9-11-13-14-15-16-17-18-19-20-21-22-23-24-25-26-27-28-29-30-31-32-33-34-35-36-37-38-39-40-41-42-43-44-46-48-50-52-54-60(68)65-57(58(67)53-51-49-47-45-12-10-8-6-4-2)56-72-64-63(71)62(70)61(69)59(55-66)73-64/h5,7,11,13,15-16,18-19,21-22,24-25,27-28,30-31,33-34,57-59,61-64,66-67,69-71H,3-4,6,8-10,12,14,17,20,23,26,29,32,35-56H2,1-2H3,(H,65,68)/b7-5-,13-11-,16-15-,19-18-,22-21-,25-24-,28-27-,31-30-,34-33-. The Morgan fingerprint density at radius 2 is 0.849 bits per heavy atom. The second-order valence-corrected chi connectivity index (χ2v) is 20.1. The average Bonchev–Trinajstić information content (AvgIpc) is 3.39. The lowest BCUT2D eigenvalue weighted by molar-refractivity contribution is -0.302. The van der Waals surface area contributed by atoms with Crippen LogP contribution in [0.1, 0.15) is 232 Å². The lowest BCUT2D eigenvalue weighted by atomic mass is 9.99. The summed E-state index contributed by atoms with van der Waals surface area (Å²) in [6.07, 6.45) is 70.0. The van der Waals surface area contributed by atoms with Crippen LogP contribution in [0.3, 0.4) is 0 Å². The molecular formula is C64H109NO8. The number of unbranched alkanes of at least 4 members (excludes halogenated alkanes) is 21. The Bertz CT molecular complexity index is 1510. The minimum Gasteiger partial charge on any atom is -0.394 e. The van der Waals surface area contributed by atoms with Gasteiger partial charge in [-0.15, -0.1) is 0 Å². The number of amides is 1. The van der Waals surface area contributed by atoms with E-state index < -0.39 is 49.5 Å². The Hall–Kier alpha value is -3.15. The molecule has 9 heteroatoms. The highest BCUT2D eigenvalue weighted by Gasteiger charge is 2.44. The van der Waals surface area contributed by atoms with Gasteiger partial charge < -0.3 is 40.3 Å². The highest BCUT2D eigenvalue weighted by atomic mass is 16.7. The highest BCUT2D eigenvalue weighted by Crippen LogP contribution is 2.23. The third kappa shape index (κ3) is 41.7. The minimum atomic E-state index is -1.56. The summed E-state index contributed by atoms with van der Waals surface area (Å²) in [4.78, 5) is 13.0. The SMILES string of the molecule is CC/C=C\C/C=C\C/C=C\C/C=C\C/C=C\C/C=C\C/C=C\C/C=C\C/C=C\CCCCCCCCCCCCCCCC(=O)NC(COC1OC(CO)C(O)C(O)C1O)C(O)CCCCCCCCCCC. The van der Waals surface area contributed by atoms with Gasteiger partial charge in [0.2, 0.25) is 5.91 Å². The summed E-state index contributed by atoms with van der Waals surface area (Å²) in [5, 5.41) is 54.4. The summed E-state index contributed by atoms with van der Waals surface area (Å²) in [6, 6.07) is -0.723. The molecule has 1 saturated heterocycles. The molecule has 73 heavy (non-hydrogen) atoms. The fourth-order valence-corrected chi connectivity index (χ4v) is 8.74. The van der Waals surface area contributed by atoms with Crippen molar-refractivity contribution in [2.75, 3.05) is 13.2 Å². The fourth-order valence-electron chi connectivity index (χ4n) is 8.74. The molecule has 1 fully saturated rings. The van der Waals surface area contributed by atoms with E-state index >= 15 is 0 Å². The average molecular weight is 1020 g/mol. The van der Waals surface area contributed by atoms with Crippen molar-refractivity contribution >= 4 is 5.91 Å². The van der Waals surface area contributed by atoms with Crippen LogP contribution in [0.2, 0.25) is 0 Å². The Balaban J connectivity index is 2.06. The number of aliphatic hydroxyl groups excluding tert-OH is 5. The molecule has 0 aliphatic carbocycles. The van der Waals surface area contributed by atoms with Crippen LogP contribution in [-0.2, 0) is 14.3 Å². The van der Waals surface area contributed by atoms with Gasteiger partial charge in [0.1, 0.15) is 24.4 Å². The monoisotopic (exact) mass is 1020 g/mol. The third-order valence-electron chi connectivity index (χ3n) is 13.4. The topological polar surface area (TPSA) is 149 Å². The zero-order valence-corrected chi connectivity index (χ0v) is 46.4. The lowest BCUT2D eigenvalue weighted by Crippen LogP contribution is -2.60. The third-order valence-corrected chi connectivity index (χ3v) is 13.4.